The number of carbonyl (C=O) groups is 3. The highest BCUT2D eigenvalue weighted by molar-refractivity contribution is 6.07. The molecule has 1 unspecified atom stereocenters. The van der Waals surface area contributed by atoms with Crippen LogP contribution in [0.2, 0.25) is 0 Å². The summed E-state index contributed by atoms with van der Waals surface area (Å²) in [6.45, 7) is 7.67. The van der Waals surface area contributed by atoms with Crippen molar-refractivity contribution in [2.24, 2.45) is 0 Å². The van der Waals surface area contributed by atoms with Gasteiger partial charge in [-0.25, -0.2) is 0 Å². The molecule has 2 amide bonds. The zero-order valence-corrected chi connectivity index (χ0v) is 26.9. The zero-order valence-electron chi connectivity index (χ0n) is 26.9. The molecule has 2 rings (SSSR count). The van der Waals surface area contributed by atoms with Crippen LogP contribution in [-0.2, 0) is 24.7 Å². The lowest BCUT2D eigenvalue weighted by Gasteiger charge is -2.28. The van der Waals surface area contributed by atoms with E-state index >= 15 is 0 Å². The lowest BCUT2D eigenvalue weighted by molar-refractivity contribution is -0.133. The number of hydrogen-bond donors (Lipinski definition) is 2. The number of benzene rings is 1. The molecule has 6 heteroatoms. The number of ether oxygens (including phenoxy) is 1. The zero-order chi connectivity index (χ0) is 32.1. The average Bonchev–Trinajstić information content (AvgIpc) is 3.32. The van der Waals surface area contributed by atoms with Gasteiger partial charge in [0.05, 0.1) is 5.54 Å². The fraction of sp³-hybridized carbons (Fsp3) is 0.395. The summed E-state index contributed by atoms with van der Waals surface area (Å²) in [5.41, 5.74) is -1.28. The number of rotatable bonds is 19. The fourth-order valence-corrected chi connectivity index (χ4v) is 4.30. The van der Waals surface area contributed by atoms with Gasteiger partial charge in [-0.1, -0.05) is 110 Å². The molecule has 0 saturated heterocycles. The van der Waals surface area contributed by atoms with E-state index in [0.29, 0.717) is 18.4 Å². The van der Waals surface area contributed by atoms with Crippen molar-refractivity contribution in [3.8, 4) is 0 Å². The molecule has 1 heterocycles. The maximum atomic E-state index is 12.8. The quantitative estimate of drug-likeness (QED) is 0.159. The first-order valence-corrected chi connectivity index (χ1v) is 15.7. The molecule has 236 valence electrons. The number of allylic oxidation sites excluding steroid dienone is 12. The molecule has 0 spiro atoms. The van der Waals surface area contributed by atoms with Gasteiger partial charge in [-0.2, -0.15) is 0 Å². The van der Waals surface area contributed by atoms with Crippen molar-refractivity contribution in [2.45, 2.75) is 90.2 Å². The van der Waals surface area contributed by atoms with Gasteiger partial charge in [0.15, 0.2) is 11.4 Å². The average molecular weight is 599 g/mol. The predicted octanol–water partition coefficient (Wildman–Crippen LogP) is 7.87. The van der Waals surface area contributed by atoms with Crippen molar-refractivity contribution in [3.05, 3.63) is 121 Å². The third-order valence-corrected chi connectivity index (χ3v) is 6.91. The van der Waals surface area contributed by atoms with E-state index < -0.39 is 17.0 Å². The van der Waals surface area contributed by atoms with Gasteiger partial charge in [0.25, 0.3) is 5.91 Å². The van der Waals surface area contributed by atoms with Gasteiger partial charge in [0.2, 0.25) is 11.7 Å². The van der Waals surface area contributed by atoms with Crippen LogP contribution in [0, 0.1) is 0 Å². The van der Waals surface area contributed by atoms with Crippen LogP contribution in [0.25, 0.3) is 0 Å². The molecule has 44 heavy (non-hydrogen) atoms. The van der Waals surface area contributed by atoms with E-state index in [1.807, 2.05) is 38.1 Å². The highest BCUT2D eigenvalue weighted by Gasteiger charge is 2.44. The van der Waals surface area contributed by atoms with E-state index in [9.17, 15) is 14.4 Å². The molecule has 0 fully saturated rings. The summed E-state index contributed by atoms with van der Waals surface area (Å²) in [5, 5.41) is 5.74. The van der Waals surface area contributed by atoms with Crippen LogP contribution in [0.5, 0.6) is 0 Å². The Morgan fingerprint density at radius 1 is 0.795 bits per heavy atom. The smallest absolute Gasteiger partial charge is 0.287 e. The first-order chi connectivity index (χ1) is 21.2. The Kier molecular flexibility index (Phi) is 16.3. The lowest BCUT2D eigenvalue weighted by Crippen LogP contribution is -2.52. The Labute approximate surface area is 264 Å². The minimum atomic E-state index is -1.23. The SMILES string of the molecule is CC/C=C\C/C=C\C/C=C\C/C=C\C/C=C\C/C=C\CCC(=O)NCC(C)(C)NC(=O)C1=CC(=O)C(C)(c2ccccc2)O1. The second kappa shape index (κ2) is 19.9. The topological polar surface area (TPSA) is 84.5 Å². The normalized spacial score (nSPS) is 17.5. The van der Waals surface area contributed by atoms with Crippen molar-refractivity contribution in [2.75, 3.05) is 6.54 Å². The fourth-order valence-electron chi connectivity index (χ4n) is 4.30. The maximum Gasteiger partial charge on any atom is 0.287 e. The minimum absolute atomic E-state index is 0.0293. The summed E-state index contributed by atoms with van der Waals surface area (Å²) < 4.78 is 5.82. The van der Waals surface area contributed by atoms with E-state index in [1.54, 1.807) is 19.1 Å². The minimum Gasteiger partial charge on any atom is -0.469 e. The third-order valence-electron chi connectivity index (χ3n) is 6.91. The summed E-state index contributed by atoms with van der Waals surface area (Å²) >= 11 is 0. The molecular weight excluding hydrogens is 548 g/mol. The molecule has 1 aromatic rings. The van der Waals surface area contributed by atoms with Crippen LogP contribution < -0.4 is 10.6 Å². The summed E-state index contributed by atoms with van der Waals surface area (Å²) in [6, 6.07) is 9.10. The van der Waals surface area contributed by atoms with Gasteiger partial charge in [0.1, 0.15) is 0 Å². The molecule has 1 atom stereocenters. The van der Waals surface area contributed by atoms with Crippen LogP contribution in [0.15, 0.2) is 115 Å². The van der Waals surface area contributed by atoms with Crippen molar-refractivity contribution in [1.29, 1.82) is 0 Å². The monoisotopic (exact) mass is 598 g/mol. The van der Waals surface area contributed by atoms with E-state index in [4.69, 9.17) is 4.74 Å². The molecule has 0 aromatic heterocycles. The first-order valence-electron chi connectivity index (χ1n) is 15.7. The van der Waals surface area contributed by atoms with Crippen molar-refractivity contribution in [1.82, 2.24) is 10.6 Å². The maximum absolute atomic E-state index is 12.8. The Balaban J connectivity index is 1.57. The van der Waals surface area contributed by atoms with Gasteiger partial charge >= 0.3 is 0 Å². The van der Waals surface area contributed by atoms with Crippen LogP contribution >= 0.6 is 0 Å². The van der Waals surface area contributed by atoms with Crippen molar-refractivity contribution in [3.63, 3.8) is 0 Å². The largest absolute Gasteiger partial charge is 0.469 e. The molecule has 1 aliphatic rings. The summed E-state index contributed by atoms with van der Waals surface area (Å²) in [5.74, 6) is -0.891. The number of hydrogen-bond acceptors (Lipinski definition) is 4. The van der Waals surface area contributed by atoms with Crippen molar-refractivity contribution >= 4 is 17.6 Å². The molecule has 0 radical (unpaired) electrons. The molecular formula is C38H50N2O4. The summed E-state index contributed by atoms with van der Waals surface area (Å²) in [4.78, 5) is 37.8. The number of ketones is 1. The van der Waals surface area contributed by atoms with Gasteiger partial charge < -0.3 is 15.4 Å². The lowest BCUT2D eigenvalue weighted by atomic mass is 9.92. The molecule has 1 aromatic carbocycles. The third kappa shape index (κ3) is 13.9. The van der Waals surface area contributed by atoms with Crippen molar-refractivity contribution < 1.29 is 19.1 Å². The number of amides is 2. The first kappa shape index (κ1) is 36.0. The molecule has 0 bridgehead atoms. The molecule has 1 aliphatic heterocycles. The highest BCUT2D eigenvalue weighted by atomic mass is 16.5. The Morgan fingerprint density at radius 3 is 1.82 bits per heavy atom. The Morgan fingerprint density at radius 2 is 1.30 bits per heavy atom. The predicted molar refractivity (Wildman–Crippen MR) is 181 cm³/mol. The summed E-state index contributed by atoms with van der Waals surface area (Å²) in [7, 11) is 0. The molecule has 6 nitrogen and oxygen atoms in total. The van der Waals surface area contributed by atoms with Gasteiger partial charge in [-0.05, 0) is 65.7 Å². The van der Waals surface area contributed by atoms with E-state index in [0.717, 1.165) is 38.5 Å². The Hall–Kier alpha value is -4.19. The Bertz CT molecular complexity index is 1260. The highest BCUT2D eigenvalue weighted by Crippen LogP contribution is 2.34. The van der Waals surface area contributed by atoms with E-state index in [2.05, 4.69) is 84.4 Å². The molecule has 0 saturated carbocycles. The summed E-state index contributed by atoms with van der Waals surface area (Å²) in [6.07, 6.45) is 33.9. The molecule has 2 N–H and O–H groups in total. The van der Waals surface area contributed by atoms with Gasteiger partial charge in [0, 0.05) is 24.6 Å². The van der Waals surface area contributed by atoms with Gasteiger partial charge in [-0.3, -0.25) is 14.4 Å². The number of nitrogens with one attached hydrogen (secondary N) is 2. The second-order valence-electron chi connectivity index (χ2n) is 11.4. The van der Waals surface area contributed by atoms with Crippen LogP contribution in [0.1, 0.15) is 84.6 Å². The van der Waals surface area contributed by atoms with Crippen LogP contribution in [0.3, 0.4) is 0 Å². The standard InChI is InChI=1S/C38H50N2O4/c1-5-6-7-8-9-10-11-12-13-14-15-16-17-18-19-20-21-22-26-29-35(42)39-31-37(2,3)40-36(43)33-30-34(41)38(4,44-33)32-27-24-23-25-28-32/h6-7,9-10,12-13,15-16,18-19,21-25,27-28,30H,5,8,11,14,17,20,26,29,31H2,1-4H3,(H,39,42)(H,40,43)/b7-6-,10-9-,13-12-,16-15-,19-18-,22-21-. The van der Waals surface area contributed by atoms with E-state index in [-0.39, 0.29) is 24.0 Å². The molecule has 0 aliphatic carbocycles. The van der Waals surface area contributed by atoms with Gasteiger partial charge in [-0.15, -0.1) is 0 Å². The van der Waals surface area contributed by atoms with Crippen LogP contribution in [-0.4, -0.2) is 29.7 Å². The van der Waals surface area contributed by atoms with E-state index in [1.165, 1.54) is 6.08 Å². The number of carbonyl (C=O) groups excluding carboxylic acids is 3. The second-order valence-corrected chi connectivity index (χ2v) is 11.4. The van der Waals surface area contributed by atoms with Crippen LogP contribution in [0.4, 0.5) is 0 Å².